The van der Waals surface area contributed by atoms with Gasteiger partial charge in [-0.2, -0.15) is 0 Å². The Bertz CT molecular complexity index is 406. The maximum Gasteiger partial charge on any atom is 0.340 e. The molecule has 0 aromatic heterocycles. The molecule has 2 rings (SSSR count). The molecule has 3 N–H and O–H groups in total. The van der Waals surface area contributed by atoms with Gasteiger partial charge in [0.1, 0.15) is 18.3 Å². The summed E-state index contributed by atoms with van der Waals surface area (Å²) in [7, 11) is 0. The molecule has 1 aliphatic heterocycles. The number of aliphatic hydroxyl groups excluding tert-OH is 3. The molecule has 6 heteroatoms. The molecule has 1 aromatic carbocycles. The SMILES string of the molecule is O=C(OC1O[C@@H](CO)[C@H](O)[C@@H]1O)c1ccccc1. The van der Waals surface area contributed by atoms with E-state index in [0.29, 0.717) is 5.56 Å². The summed E-state index contributed by atoms with van der Waals surface area (Å²) in [6.45, 7) is -0.461. The molecule has 6 nitrogen and oxygen atoms in total. The van der Waals surface area contributed by atoms with Crippen molar-refractivity contribution in [3.8, 4) is 0 Å². The van der Waals surface area contributed by atoms with Crippen molar-refractivity contribution >= 4 is 5.97 Å². The third kappa shape index (κ3) is 2.51. The predicted molar refractivity (Wildman–Crippen MR) is 59.6 cm³/mol. The molecule has 0 aliphatic carbocycles. The van der Waals surface area contributed by atoms with Crippen molar-refractivity contribution in [2.24, 2.45) is 0 Å². The lowest BCUT2D eigenvalue weighted by atomic mass is 10.1. The van der Waals surface area contributed by atoms with E-state index < -0.39 is 37.2 Å². The topological polar surface area (TPSA) is 96.2 Å². The van der Waals surface area contributed by atoms with Gasteiger partial charge in [0, 0.05) is 0 Å². The zero-order valence-corrected chi connectivity index (χ0v) is 9.47. The zero-order valence-electron chi connectivity index (χ0n) is 9.47. The van der Waals surface area contributed by atoms with Crippen LogP contribution in [0.4, 0.5) is 0 Å². The van der Waals surface area contributed by atoms with Gasteiger partial charge < -0.3 is 24.8 Å². The fourth-order valence-corrected chi connectivity index (χ4v) is 1.71. The second-order valence-electron chi connectivity index (χ2n) is 3.98. The Hall–Kier alpha value is -1.47. The van der Waals surface area contributed by atoms with Crippen molar-refractivity contribution in [3.05, 3.63) is 35.9 Å². The first-order valence-electron chi connectivity index (χ1n) is 5.52. The van der Waals surface area contributed by atoms with Crippen LogP contribution in [0.2, 0.25) is 0 Å². The van der Waals surface area contributed by atoms with Crippen molar-refractivity contribution in [1.82, 2.24) is 0 Å². The fraction of sp³-hybridized carbons (Fsp3) is 0.417. The minimum Gasteiger partial charge on any atom is -0.429 e. The van der Waals surface area contributed by atoms with Gasteiger partial charge in [0.05, 0.1) is 12.2 Å². The monoisotopic (exact) mass is 254 g/mol. The minimum atomic E-state index is -1.37. The Balaban J connectivity index is 2.00. The molecule has 1 unspecified atom stereocenters. The van der Waals surface area contributed by atoms with Crippen LogP contribution < -0.4 is 0 Å². The van der Waals surface area contributed by atoms with Crippen molar-refractivity contribution in [3.63, 3.8) is 0 Å². The predicted octanol–water partition coefficient (Wildman–Crippen LogP) is -0.718. The number of hydrogen-bond acceptors (Lipinski definition) is 6. The highest BCUT2D eigenvalue weighted by Crippen LogP contribution is 2.22. The number of rotatable bonds is 3. The summed E-state index contributed by atoms with van der Waals surface area (Å²) in [5.74, 6) is -0.662. The maximum atomic E-state index is 11.7. The lowest BCUT2D eigenvalue weighted by Gasteiger charge is -2.15. The molecule has 0 radical (unpaired) electrons. The maximum absolute atomic E-state index is 11.7. The Labute approximate surface area is 103 Å². The lowest BCUT2D eigenvalue weighted by Crippen LogP contribution is -2.35. The molecular formula is C12H14O6. The van der Waals surface area contributed by atoms with Crippen molar-refractivity contribution in [1.29, 1.82) is 0 Å². The smallest absolute Gasteiger partial charge is 0.340 e. The third-order valence-corrected chi connectivity index (χ3v) is 2.73. The molecule has 1 fully saturated rings. The molecule has 1 saturated heterocycles. The second kappa shape index (κ2) is 5.45. The van der Waals surface area contributed by atoms with Gasteiger partial charge in [-0.05, 0) is 12.1 Å². The molecule has 98 valence electrons. The molecule has 1 aromatic rings. The molecule has 0 saturated carbocycles. The highest BCUT2D eigenvalue weighted by molar-refractivity contribution is 5.89. The molecule has 1 heterocycles. The van der Waals surface area contributed by atoms with E-state index in [1.165, 1.54) is 0 Å². The second-order valence-corrected chi connectivity index (χ2v) is 3.98. The Morgan fingerprint density at radius 1 is 1.22 bits per heavy atom. The zero-order chi connectivity index (χ0) is 13.1. The van der Waals surface area contributed by atoms with Gasteiger partial charge in [-0.15, -0.1) is 0 Å². The van der Waals surface area contributed by atoms with Crippen molar-refractivity contribution < 1.29 is 29.6 Å². The average Bonchev–Trinajstić information content (AvgIpc) is 2.67. The van der Waals surface area contributed by atoms with E-state index >= 15 is 0 Å². The minimum absolute atomic E-state index is 0.315. The van der Waals surface area contributed by atoms with E-state index in [9.17, 15) is 15.0 Å². The van der Waals surface area contributed by atoms with E-state index in [-0.39, 0.29) is 0 Å². The van der Waals surface area contributed by atoms with Crippen LogP contribution in [0.1, 0.15) is 10.4 Å². The van der Waals surface area contributed by atoms with Crippen molar-refractivity contribution in [2.75, 3.05) is 6.61 Å². The van der Waals surface area contributed by atoms with Crippen LogP contribution in [0.5, 0.6) is 0 Å². The lowest BCUT2D eigenvalue weighted by molar-refractivity contribution is -0.139. The summed E-state index contributed by atoms with van der Waals surface area (Å²) in [6, 6.07) is 8.22. The van der Waals surface area contributed by atoms with E-state index in [0.717, 1.165) is 0 Å². The highest BCUT2D eigenvalue weighted by atomic mass is 16.7. The van der Waals surface area contributed by atoms with Crippen LogP contribution in [-0.2, 0) is 9.47 Å². The molecule has 0 bridgehead atoms. The first-order valence-corrected chi connectivity index (χ1v) is 5.52. The van der Waals surface area contributed by atoms with Gasteiger partial charge in [0.15, 0.2) is 0 Å². The molecule has 4 atom stereocenters. The van der Waals surface area contributed by atoms with Gasteiger partial charge in [0.2, 0.25) is 6.29 Å². The van der Waals surface area contributed by atoms with Crippen LogP contribution in [-0.4, -0.2) is 52.5 Å². The van der Waals surface area contributed by atoms with Crippen LogP contribution in [0.15, 0.2) is 30.3 Å². The summed E-state index contributed by atoms with van der Waals surface area (Å²) < 4.78 is 9.96. The number of ether oxygens (including phenoxy) is 2. The summed E-state index contributed by atoms with van der Waals surface area (Å²) >= 11 is 0. The quantitative estimate of drug-likeness (QED) is 0.616. The van der Waals surface area contributed by atoms with Gasteiger partial charge in [-0.25, -0.2) is 4.79 Å². The van der Waals surface area contributed by atoms with E-state index in [1.807, 2.05) is 0 Å². The van der Waals surface area contributed by atoms with E-state index in [4.69, 9.17) is 14.6 Å². The van der Waals surface area contributed by atoms with Crippen LogP contribution in [0.25, 0.3) is 0 Å². The Morgan fingerprint density at radius 3 is 2.44 bits per heavy atom. The fourth-order valence-electron chi connectivity index (χ4n) is 1.71. The van der Waals surface area contributed by atoms with Gasteiger partial charge >= 0.3 is 5.97 Å². The van der Waals surface area contributed by atoms with E-state index in [1.54, 1.807) is 30.3 Å². The molecular weight excluding hydrogens is 240 g/mol. The summed E-state index contributed by atoms with van der Waals surface area (Å²) in [5.41, 5.74) is 0.315. The number of aliphatic hydroxyl groups is 3. The standard InChI is InChI=1S/C12H14O6/c13-6-8-9(14)10(15)12(17-8)18-11(16)7-4-2-1-3-5-7/h1-5,8-10,12-15H,6H2/t8-,9-,10-,12?/m0/s1. The van der Waals surface area contributed by atoms with Crippen LogP contribution in [0.3, 0.4) is 0 Å². The third-order valence-electron chi connectivity index (χ3n) is 2.73. The van der Waals surface area contributed by atoms with E-state index in [2.05, 4.69) is 0 Å². The first-order chi connectivity index (χ1) is 8.63. The van der Waals surface area contributed by atoms with Gasteiger partial charge in [0.25, 0.3) is 0 Å². The summed E-state index contributed by atoms with van der Waals surface area (Å²) in [4.78, 5) is 11.7. The molecule has 18 heavy (non-hydrogen) atoms. The Morgan fingerprint density at radius 2 is 1.89 bits per heavy atom. The van der Waals surface area contributed by atoms with Crippen LogP contribution >= 0.6 is 0 Å². The number of esters is 1. The molecule has 1 aliphatic rings. The number of benzene rings is 1. The first kappa shape index (κ1) is 13.0. The normalized spacial score (nSPS) is 31.3. The largest absolute Gasteiger partial charge is 0.429 e. The van der Waals surface area contributed by atoms with Gasteiger partial charge in [-0.3, -0.25) is 0 Å². The molecule has 0 amide bonds. The Kier molecular flexibility index (Phi) is 3.93. The average molecular weight is 254 g/mol. The molecule has 0 spiro atoms. The number of hydrogen-bond donors (Lipinski definition) is 3. The van der Waals surface area contributed by atoms with Crippen LogP contribution in [0, 0.1) is 0 Å². The highest BCUT2D eigenvalue weighted by Gasteiger charge is 2.44. The number of carbonyl (C=O) groups excluding carboxylic acids is 1. The number of carbonyl (C=O) groups is 1. The summed E-state index contributed by atoms with van der Waals surface area (Å²) in [5, 5.41) is 28.0. The summed E-state index contributed by atoms with van der Waals surface area (Å²) in [6.07, 6.45) is -4.86. The van der Waals surface area contributed by atoms with Gasteiger partial charge in [-0.1, -0.05) is 18.2 Å². The van der Waals surface area contributed by atoms with Crippen molar-refractivity contribution in [2.45, 2.75) is 24.6 Å².